The van der Waals surface area contributed by atoms with E-state index < -0.39 is 24.1 Å². The second-order valence-electron chi connectivity index (χ2n) is 5.10. The average molecular weight is 377 g/mol. The highest BCUT2D eigenvalue weighted by Gasteiger charge is 2.40. The van der Waals surface area contributed by atoms with E-state index in [-0.39, 0.29) is 18.4 Å². The number of hydrogen-bond donors (Lipinski definition) is 2. The molecule has 2 unspecified atom stereocenters. The molecule has 1 aromatic carbocycles. The molecule has 0 bridgehead atoms. The minimum absolute atomic E-state index is 0.0517. The summed E-state index contributed by atoms with van der Waals surface area (Å²) in [5.74, 6) is -1.91. The summed E-state index contributed by atoms with van der Waals surface area (Å²) in [6.45, 7) is 7.57. The number of carboxylic acids is 1. The Morgan fingerprint density at radius 2 is 1.76 bits per heavy atom. The lowest BCUT2D eigenvalue weighted by molar-refractivity contribution is -0.150. The summed E-state index contributed by atoms with van der Waals surface area (Å²) in [4.78, 5) is 10.5. The highest BCUT2D eigenvalue weighted by Crippen LogP contribution is 2.38. The van der Waals surface area contributed by atoms with Gasteiger partial charge in [-0.1, -0.05) is 50.8 Å². The zero-order valence-electron chi connectivity index (χ0n) is 14.6. The van der Waals surface area contributed by atoms with Gasteiger partial charge in [0.25, 0.3) is 0 Å². The first-order valence-electron chi connectivity index (χ1n) is 8.11. The van der Waals surface area contributed by atoms with Gasteiger partial charge in [0.1, 0.15) is 6.04 Å². The highest BCUT2D eigenvalue weighted by atomic mass is 32.2. The van der Waals surface area contributed by atoms with Crippen molar-refractivity contribution in [1.29, 1.82) is 0 Å². The first kappa shape index (κ1) is 23.5. The van der Waals surface area contributed by atoms with Crippen molar-refractivity contribution >= 4 is 23.8 Å². The number of alkyl halides is 3. The Morgan fingerprint density at radius 1 is 1.24 bits per heavy atom. The number of halogens is 3. The molecular weight excluding hydrogens is 351 g/mol. The van der Waals surface area contributed by atoms with Crippen molar-refractivity contribution in [3.05, 3.63) is 42.0 Å². The van der Waals surface area contributed by atoms with Gasteiger partial charge in [0.15, 0.2) is 0 Å². The molecule has 0 amide bonds. The summed E-state index contributed by atoms with van der Waals surface area (Å²) < 4.78 is 39.6. The molecule has 0 saturated carbocycles. The SMILES string of the molecule is C=Cc1ccc(C(CCSCCC(N)C(=O)O)C(F)(F)F)cc1.CC. The Balaban J connectivity index is 0.00000277. The van der Waals surface area contributed by atoms with Crippen LogP contribution in [-0.4, -0.2) is 34.8 Å². The van der Waals surface area contributed by atoms with Crippen LogP contribution in [0.15, 0.2) is 30.8 Å². The molecule has 25 heavy (non-hydrogen) atoms. The molecule has 0 spiro atoms. The molecule has 0 aromatic heterocycles. The zero-order valence-corrected chi connectivity index (χ0v) is 15.4. The van der Waals surface area contributed by atoms with Gasteiger partial charge in [0.2, 0.25) is 0 Å². The van der Waals surface area contributed by atoms with Crippen LogP contribution in [0, 0.1) is 0 Å². The van der Waals surface area contributed by atoms with E-state index in [2.05, 4.69) is 6.58 Å². The average Bonchev–Trinajstić information content (AvgIpc) is 2.58. The molecular formula is C18H26F3NO2S. The van der Waals surface area contributed by atoms with Crippen molar-refractivity contribution < 1.29 is 23.1 Å². The van der Waals surface area contributed by atoms with Gasteiger partial charge in [-0.25, -0.2) is 0 Å². The zero-order chi connectivity index (χ0) is 19.5. The second kappa shape index (κ2) is 12.0. The summed E-state index contributed by atoms with van der Waals surface area (Å²) >= 11 is 1.29. The number of carbonyl (C=O) groups is 1. The van der Waals surface area contributed by atoms with Crippen LogP contribution in [0.5, 0.6) is 0 Å². The molecule has 0 aliphatic rings. The molecule has 0 aliphatic heterocycles. The number of aliphatic carboxylic acids is 1. The summed E-state index contributed by atoms with van der Waals surface area (Å²) in [6.07, 6.45) is -2.55. The largest absolute Gasteiger partial charge is 0.480 e. The predicted octanol–water partition coefficient (Wildman–Crippen LogP) is 4.93. The number of thioether (sulfide) groups is 1. The lowest BCUT2D eigenvalue weighted by Crippen LogP contribution is -2.30. The van der Waals surface area contributed by atoms with Crippen LogP contribution in [0.25, 0.3) is 6.08 Å². The molecule has 1 aromatic rings. The number of rotatable bonds is 9. The summed E-state index contributed by atoms with van der Waals surface area (Å²) in [5.41, 5.74) is 6.34. The van der Waals surface area contributed by atoms with Crippen molar-refractivity contribution in [2.75, 3.05) is 11.5 Å². The van der Waals surface area contributed by atoms with Gasteiger partial charge in [-0.05, 0) is 35.5 Å². The minimum atomic E-state index is -4.31. The fraction of sp³-hybridized carbons (Fsp3) is 0.500. The number of nitrogens with two attached hydrogens (primary N) is 1. The van der Waals surface area contributed by atoms with E-state index >= 15 is 0 Å². The second-order valence-corrected chi connectivity index (χ2v) is 6.32. The third-order valence-electron chi connectivity index (χ3n) is 3.41. The molecule has 142 valence electrons. The summed E-state index contributed by atoms with van der Waals surface area (Å²) in [7, 11) is 0. The molecule has 3 nitrogen and oxygen atoms in total. The van der Waals surface area contributed by atoms with Crippen molar-refractivity contribution in [2.45, 2.75) is 44.8 Å². The number of carboxylic acid groups (broad SMARTS) is 1. The Kier molecular flexibility index (Phi) is 11.3. The van der Waals surface area contributed by atoms with Gasteiger partial charge >= 0.3 is 12.1 Å². The van der Waals surface area contributed by atoms with Gasteiger partial charge in [0.05, 0.1) is 5.92 Å². The third kappa shape index (κ3) is 8.97. The minimum Gasteiger partial charge on any atom is -0.480 e. The van der Waals surface area contributed by atoms with Crippen molar-refractivity contribution in [3.63, 3.8) is 0 Å². The molecule has 1 rings (SSSR count). The van der Waals surface area contributed by atoms with E-state index in [1.54, 1.807) is 18.2 Å². The van der Waals surface area contributed by atoms with E-state index in [9.17, 15) is 18.0 Å². The van der Waals surface area contributed by atoms with E-state index in [4.69, 9.17) is 10.8 Å². The van der Waals surface area contributed by atoms with Gasteiger partial charge in [0, 0.05) is 0 Å². The third-order valence-corrected chi connectivity index (χ3v) is 4.46. The Morgan fingerprint density at radius 3 is 2.20 bits per heavy atom. The Labute approximate surface area is 151 Å². The number of benzene rings is 1. The Hall–Kier alpha value is -1.47. The molecule has 7 heteroatoms. The standard InChI is InChI=1S/C16H20F3NO2S.C2H6/c1-2-11-3-5-12(6-4-11)13(16(17,18)19)7-9-23-10-8-14(20)15(21)22;1-2/h2-6,13-14H,1,7-10,20H2,(H,21,22);1-2H3. The Bertz CT molecular complexity index is 518. The van der Waals surface area contributed by atoms with Crippen molar-refractivity contribution in [1.82, 2.24) is 0 Å². The predicted molar refractivity (Wildman–Crippen MR) is 98.8 cm³/mol. The van der Waals surface area contributed by atoms with Gasteiger partial charge in [-0.3, -0.25) is 4.79 Å². The molecule has 3 N–H and O–H groups in total. The van der Waals surface area contributed by atoms with E-state index in [0.29, 0.717) is 11.5 Å². The van der Waals surface area contributed by atoms with Crippen LogP contribution in [0.3, 0.4) is 0 Å². The summed E-state index contributed by atoms with van der Waals surface area (Å²) in [6, 6.07) is 5.20. The van der Waals surface area contributed by atoms with Gasteiger partial charge in [-0.15, -0.1) is 0 Å². The van der Waals surface area contributed by atoms with Crippen LogP contribution >= 0.6 is 11.8 Å². The fourth-order valence-electron chi connectivity index (χ4n) is 2.02. The maximum atomic E-state index is 13.2. The smallest absolute Gasteiger partial charge is 0.395 e. The topological polar surface area (TPSA) is 63.3 Å². The van der Waals surface area contributed by atoms with Crippen LogP contribution < -0.4 is 5.73 Å². The first-order valence-corrected chi connectivity index (χ1v) is 9.26. The van der Waals surface area contributed by atoms with Crippen LogP contribution in [0.1, 0.15) is 43.7 Å². The quantitative estimate of drug-likeness (QED) is 0.599. The molecule has 0 aliphatic carbocycles. The van der Waals surface area contributed by atoms with Gasteiger partial charge in [-0.2, -0.15) is 24.9 Å². The lowest BCUT2D eigenvalue weighted by atomic mass is 9.95. The van der Waals surface area contributed by atoms with Crippen LogP contribution in [-0.2, 0) is 4.79 Å². The lowest BCUT2D eigenvalue weighted by Gasteiger charge is -2.21. The highest BCUT2D eigenvalue weighted by molar-refractivity contribution is 7.99. The van der Waals surface area contributed by atoms with E-state index in [1.165, 1.54) is 23.9 Å². The van der Waals surface area contributed by atoms with Crippen LogP contribution in [0.2, 0.25) is 0 Å². The van der Waals surface area contributed by atoms with Crippen molar-refractivity contribution in [3.8, 4) is 0 Å². The first-order chi connectivity index (χ1) is 11.8. The van der Waals surface area contributed by atoms with E-state index in [0.717, 1.165) is 5.56 Å². The van der Waals surface area contributed by atoms with Gasteiger partial charge < -0.3 is 10.8 Å². The number of hydrogen-bond acceptors (Lipinski definition) is 3. The maximum Gasteiger partial charge on any atom is 0.395 e. The molecule has 0 saturated heterocycles. The van der Waals surface area contributed by atoms with E-state index in [1.807, 2.05) is 13.8 Å². The molecule has 0 heterocycles. The maximum absolute atomic E-state index is 13.2. The monoisotopic (exact) mass is 377 g/mol. The molecule has 0 fully saturated rings. The van der Waals surface area contributed by atoms with Crippen LogP contribution in [0.4, 0.5) is 13.2 Å². The summed E-state index contributed by atoms with van der Waals surface area (Å²) in [5, 5.41) is 8.63. The molecule has 0 radical (unpaired) electrons. The normalized spacial score (nSPS) is 13.4. The fourth-order valence-corrected chi connectivity index (χ4v) is 3.05. The molecule has 2 atom stereocenters. The van der Waals surface area contributed by atoms with Crippen molar-refractivity contribution in [2.24, 2.45) is 5.73 Å².